The van der Waals surface area contributed by atoms with Gasteiger partial charge < -0.3 is 15.4 Å². The fourth-order valence-corrected chi connectivity index (χ4v) is 2.11. The van der Waals surface area contributed by atoms with Gasteiger partial charge in [0.25, 0.3) is 5.91 Å². The molecule has 0 aliphatic heterocycles. The molecule has 5 heteroatoms. The molecule has 0 atom stereocenters. The van der Waals surface area contributed by atoms with Gasteiger partial charge in [-0.1, -0.05) is 0 Å². The second-order valence-electron chi connectivity index (χ2n) is 4.39. The van der Waals surface area contributed by atoms with Gasteiger partial charge in [0.05, 0.1) is 11.7 Å². The molecule has 2 rings (SSSR count). The number of ether oxygens (including phenoxy) is 1. The van der Waals surface area contributed by atoms with E-state index in [9.17, 15) is 4.79 Å². The Kier molecular flexibility index (Phi) is 4.15. The summed E-state index contributed by atoms with van der Waals surface area (Å²) in [5, 5.41) is 5.99. The molecule has 0 bridgehead atoms. The van der Waals surface area contributed by atoms with Crippen LogP contribution in [0.4, 0.5) is 5.69 Å². The molecule has 1 heterocycles. The maximum absolute atomic E-state index is 12.1. The van der Waals surface area contributed by atoms with Gasteiger partial charge in [-0.2, -0.15) is 0 Å². The van der Waals surface area contributed by atoms with Crippen molar-refractivity contribution < 1.29 is 9.53 Å². The van der Waals surface area contributed by atoms with Gasteiger partial charge >= 0.3 is 0 Å². The average molecular weight is 249 g/mol. The van der Waals surface area contributed by atoms with Gasteiger partial charge in [-0.25, -0.2) is 0 Å². The van der Waals surface area contributed by atoms with E-state index in [0.717, 1.165) is 25.1 Å². The van der Waals surface area contributed by atoms with Gasteiger partial charge in [0.1, 0.15) is 0 Å². The number of carbonyl (C=O) groups excluding carboxylic acids is 1. The van der Waals surface area contributed by atoms with Crippen molar-refractivity contribution in [2.45, 2.75) is 31.9 Å². The van der Waals surface area contributed by atoms with Gasteiger partial charge in [-0.05, 0) is 25.8 Å². The van der Waals surface area contributed by atoms with Crippen molar-refractivity contribution in [2.75, 3.05) is 19.0 Å². The average Bonchev–Trinajstić information content (AvgIpc) is 2.36. The van der Waals surface area contributed by atoms with Crippen LogP contribution >= 0.6 is 0 Å². The van der Waals surface area contributed by atoms with E-state index in [1.807, 2.05) is 6.92 Å². The van der Waals surface area contributed by atoms with Crippen LogP contribution < -0.4 is 10.6 Å². The van der Waals surface area contributed by atoms with Crippen LogP contribution in [0.1, 0.15) is 30.1 Å². The lowest BCUT2D eigenvalue weighted by Crippen LogP contribution is -2.47. The molecule has 0 saturated heterocycles. The summed E-state index contributed by atoms with van der Waals surface area (Å²) >= 11 is 0. The molecular formula is C13H19N3O2. The molecule has 5 nitrogen and oxygen atoms in total. The zero-order valence-electron chi connectivity index (χ0n) is 10.8. The predicted molar refractivity (Wildman–Crippen MR) is 69.7 cm³/mol. The minimum absolute atomic E-state index is 0.0765. The summed E-state index contributed by atoms with van der Waals surface area (Å²) in [5.74, 6) is -0.0765. The summed E-state index contributed by atoms with van der Waals surface area (Å²) in [7, 11) is 1.79. The second-order valence-corrected chi connectivity index (χ2v) is 4.39. The Bertz CT molecular complexity index is 416. The summed E-state index contributed by atoms with van der Waals surface area (Å²) in [6.07, 6.45) is 5.35. The third-order valence-corrected chi connectivity index (χ3v) is 3.17. The van der Waals surface area contributed by atoms with E-state index in [1.54, 1.807) is 25.5 Å². The van der Waals surface area contributed by atoms with Crippen molar-refractivity contribution in [1.82, 2.24) is 10.3 Å². The SMILES string of the molecule is CCOC1CC(NC(=O)c2cnccc2NC)C1. The van der Waals surface area contributed by atoms with Crippen LogP contribution in [0.3, 0.4) is 0 Å². The lowest BCUT2D eigenvalue weighted by atomic mass is 9.89. The normalized spacial score (nSPS) is 22.1. The maximum Gasteiger partial charge on any atom is 0.255 e. The molecule has 1 aliphatic rings. The first-order valence-corrected chi connectivity index (χ1v) is 6.28. The molecule has 0 radical (unpaired) electrons. The number of rotatable bonds is 5. The van der Waals surface area contributed by atoms with Crippen LogP contribution in [0.2, 0.25) is 0 Å². The molecule has 0 aromatic carbocycles. The van der Waals surface area contributed by atoms with E-state index in [2.05, 4.69) is 15.6 Å². The first-order chi connectivity index (χ1) is 8.74. The van der Waals surface area contributed by atoms with E-state index < -0.39 is 0 Å². The molecule has 0 unspecified atom stereocenters. The number of amides is 1. The number of pyridine rings is 1. The van der Waals surface area contributed by atoms with Crippen LogP contribution in [-0.4, -0.2) is 36.7 Å². The smallest absolute Gasteiger partial charge is 0.255 e. The van der Waals surface area contributed by atoms with Crippen molar-refractivity contribution in [1.29, 1.82) is 0 Å². The molecule has 18 heavy (non-hydrogen) atoms. The highest BCUT2D eigenvalue weighted by molar-refractivity contribution is 5.99. The van der Waals surface area contributed by atoms with Crippen LogP contribution in [0.25, 0.3) is 0 Å². The highest BCUT2D eigenvalue weighted by Gasteiger charge is 2.31. The van der Waals surface area contributed by atoms with E-state index in [-0.39, 0.29) is 11.9 Å². The van der Waals surface area contributed by atoms with Crippen LogP contribution in [0.5, 0.6) is 0 Å². The second kappa shape index (κ2) is 5.82. The Balaban J connectivity index is 1.89. The monoisotopic (exact) mass is 249 g/mol. The van der Waals surface area contributed by atoms with Crippen molar-refractivity contribution in [2.24, 2.45) is 0 Å². The molecule has 1 amide bonds. The van der Waals surface area contributed by atoms with Gasteiger partial charge in [-0.3, -0.25) is 9.78 Å². The third kappa shape index (κ3) is 2.79. The van der Waals surface area contributed by atoms with Gasteiger partial charge in [0, 0.05) is 37.8 Å². The van der Waals surface area contributed by atoms with Crippen LogP contribution in [-0.2, 0) is 4.74 Å². The van der Waals surface area contributed by atoms with Crippen molar-refractivity contribution in [3.8, 4) is 0 Å². The molecule has 1 saturated carbocycles. The molecule has 1 aromatic rings. The molecule has 1 fully saturated rings. The summed E-state index contributed by atoms with van der Waals surface area (Å²) in [6, 6.07) is 2.01. The Labute approximate surface area is 107 Å². The van der Waals surface area contributed by atoms with Gasteiger partial charge in [0.15, 0.2) is 0 Å². The summed E-state index contributed by atoms with van der Waals surface area (Å²) in [5.41, 5.74) is 1.38. The minimum atomic E-state index is -0.0765. The Morgan fingerprint density at radius 3 is 3.00 bits per heavy atom. The molecule has 98 valence electrons. The first kappa shape index (κ1) is 12.8. The largest absolute Gasteiger partial charge is 0.387 e. The lowest BCUT2D eigenvalue weighted by molar-refractivity contribution is -0.00862. The van der Waals surface area contributed by atoms with Crippen LogP contribution in [0.15, 0.2) is 18.5 Å². The topological polar surface area (TPSA) is 63.2 Å². The van der Waals surface area contributed by atoms with E-state index in [4.69, 9.17) is 4.74 Å². The number of aromatic nitrogens is 1. The Morgan fingerprint density at radius 2 is 2.33 bits per heavy atom. The number of hydrogen-bond donors (Lipinski definition) is 2. The van der Waals surface area contributed by atoms with E-state index >= 15 is 0 Å². The Morgan fingerprint density at radius 1 is 1.56 bits per heavy atom. The molecule has 1 aliphatic carbocycles. The quantitative estimate of drug-likeness (QED) is 0.828. The summed E-state index contributed by atoms with van der Waals surface area (Å²) < 4.78 is 5.46. The van der Waals surface area contributed by atoms with Crippen molar-refractivity contribution >= 4 is 11.6 Å². The molecular weight excluding hydrogens is 230 g/mol. The summed E-state index contributed by atoms with van der Waals surface area (Å²) in [6.45, 7) is 2.72. The highest BCUT2D eigenvalue weighted by atomic mass is 16.5. The first-order valence-electron chi connectivity index (χ1n) is 6.28. The minimum Gasteiger partial charge on any atom is -0.387 e. The fourth-order valence-electron chi connectivity index (χ4n) is 2.11. The van der Waals surface area contributed by atoms with Gasteiger partial charge in [-0.15, -0.1) is 0 Å². The molecule has 1 aromatic heterocycles. The number of hydrogen-bond acceptors (Lipinski definition) is 4. The standard InChI is InChI=1S/C13H19N3O2/c1-3-18-10-6-9(7-10)16-13(17)11-8-15-5-4-12(11)14-2/h4-5,8-10H,3,6-7H2,1-2H3,(H,14,15)(H,16,17). The maximum atomic E-state index is 12.1. The predicted octanol–water partition coefficient (Wildman–Crippen LogP) is 1.42. The van der Waals surface area contributed by atoms with E-state index in [1.165, 1.54) is 0 Å². The van der Waals surface area contributed by atoms with Gasteiger partial charge in [0.2, 0.25) is 0 Å². The fraction of sp³-hybridized carbons (Fsp3) is 0.538. The van der Waals surface area contributed by atoms with Crippen molar-refractivity contribution in [3.05, 3.63) is 24.0 Å². The Hall–Kier alpha value is -1.62. The van der Waals surface area contributed by atoms with Crippen LogP contribution in [0, 0.1) is 0 Å². The lowest BCUT2D eigenvalue weighted by Gasteiger charge is -2.35. The number of anilines is 1. The summed E-state index contributed by atoms with van der Waals surface area (Å²) in [4.78, 5) is 16.0. The zero-order valence-corrected chi connectivity index (χ0v) is 10.8. The number of nitrogens with zero attached hydrogens (tertiary/aromatic N) is 1. The zero-order chi connectivity index (χ0) is 13.0. The third-order valence-electron chi connectivity index (χ3n) is 3.17. The van der Waals surface area contributed by atoms with E-state index in [0.29, 0.717) is 11.7 Å². The highest BCUT2D eigenvalue weighted by Crippen LogP contribution is 2.24. The number of nitrogens with one attached hydrogen (secondary N) is 2. The molecule has 0 spiro atoms. The van der Waals surface area contributed by atoms with Crippen molar-refractivity contribution in [3.63, 3.8) is 0 Å². The number of carbonyl (C=O) groups is 1. The molecule has 2 N–H and O–H groups in total.